The molecular formula is C16H19N3O2. The van der Waals surface area contributed by atoms with Gasteiger partial charge in [0.05, 0.1) is 5.54 Å². The Morgan fingerprint density at radius 2 is 2.05 bits per heavy atom. The standard InChI is InChI=1S/C16H19N3O2/c1-2-4-16(17)8-19(9-16)15-12-7-14-13(20-10-21-14)6-11(12)3-5-18-15/h3,5-7H,2,4,8-10,17H2,1H3. The zero-order valence-electron chi connectivity index (χ0n) is 12.1. The Balaban J connectivity index is 1.70. The summed E-state index contributed by atoms with van der Waals surface area (Å²) >= 11 is 0. The molecule has 2 aromatic rings. The van der Waals surface area contributed by atoms with Crippen molar-refractivity contribution in [3.8, 4) is 11.5 Å². The van der Waals surface area contributed by atoms with Crippen molar-refractivity contribution in [1.82, 2.24) is 4.98 Å². The average Bonchev–Trinajstić information content (AvgIpc) is 2.89. The van der Waals surface area contributed by atoms with Crippen molar-refractivity contribution >= 4 is 16.6 Å². The van der Waals surface area contributed by atoms with Crippen molar-refractivity contribution in [1.29, 1.82) is 0 Å². The third kappa shape index (κ3) is 2.00. The molecule has 3 heterocycles. The van der Waals surface area contributed by atoms with E-state index in [1.54, 1.807) is 0 Å². The predicted octanol–water partition coefficient (Wildman–Crippen LogP) is 2.28. The van der Waals surface area contributed by atoms with Gasteiger partial charge >= 0.3 is 0 Å². The molecule has 110 valence electrons. The number of aromatic nitrogens is 1. The first kappa shape index (κ1) is 12.7. The van der Waals surface area contributed by atoms with Crippen LogP contribution in [0.3, 0.4) is 0 Å². The van der Waals surface area contributed by atoms with Gasteiger partial charge in [0.15, 0.2) is 11.5 Å². The second-order valence-electron chi connectivity index (χ2n) is 6.03. The van der Waals surface area contributed by atoms with Crippen LogP contribution in [-0.2, 0) is 0 Å². The van der Waals surface area contributed by atoms with Crippen molar-refractivity contribution in [2.24, 2.45) is 5.73 Å². The molecule has 2 aliphatic heterocycles. The summed E-state index contributed by atoms with van der Waals surface area (Å²) in [5.74, 6) is 2.59. The van der Waals surface area contributed by atoms with Gasteiger partial charge in [0.2, 0.25) is 6.79 Å². The molecule has 0 radical (unpaired) electrons. The number of pyridine rings is 1. The lowest BCUT2D eigenvalue weighted by molar-refractivity contribution is 0.174. The van der Waals surface area contributed by atoms with Gasteiger partial charge in [0.25, 0.3) is 0 Å². The Kier molecular flexibility index (Phi) is 2.72. The first-order valence-electron chi connectivity index (χ1n) is 7.41. The van der Waals surface area contributed by atoms with E-state index in [-0.39, 0.29) is 5.54 Å². The first-order chi connectivity index (χ1) is 10.2. The zero-order chi connectivity index (χ0) is 14.4. The second-order valence-corrected chi connectivity index (χ2v) is 6.03. The summed E-state index contributed by atoms with van der Waals surface area (Å²) in [6.45, 7) is 4.19. The van der Waals surface area contributed by atoms with E-state index >= 15 is 0 Å². The molecule has 4 rings (SSSR count). The van der Waals surface area contributed by atoms with Crippen molar-refractivity contribution < 1.29 is 9.47 Å². The fourth-order valence-electron chi connectivity index (χ4n) is 3.32. The van der Waals surface area contributed by atoms with Crippen LogP contribution in [-0.4, -0.2) is 30.4 Å². The van der Waals surface area contributed by atoms with Gasteiger partial charge in [-0.25, -0.2) is 4.98 Å². The summed E-state index contributed by atoms with van der Waals surface area (Å²) in [5, 5.41) is 2.22. The molecule has 0 amide bonds. The molecule has 0 unspecified atom stereocenters. The van der Waals surface area contributed by atoms with E-state index in [4.69, 9.17) is 15.2 Å². The predicted molar refractivity (Wildman–Crippen MR) is 81.9 cm³/mol. The van der Waals surface area contributed by atoms with E-state index in [1.165, 1.54) is 0 Å². The Hall–Kier alpha value is -2.01. The van der Waals surface area contributed by atoms with Gasteiger partial charge in [0.1, 0.15) is 5.82 Å². The van der Waals surface area contributed by atoms with Crippen molar-refractivity contribution in [2.75, 3.05) is 24.8 Å². The smallest absolute Gasteiger partial charge is 0.231 e. The lowest BCUT2D eigenvalue weighted by atomic mass is 9.86. The van der Waals surface area contributed by atoms with Crippen LogP contribution in [0.2, 0.25) is 0 Å². The molecule has 5 nitrogen and oxygen atoms in total. The highest BCUT2D eigenvalue weighted by Crippen LogP contribution is 2.40. The molecule has 1 saturated heterocycles. The van der Waals surface area contributed by atoms with Gasteiger partial charge in [-0.1, -0.05) is 13.3 Å². The van der Waals surface area contributed by atoms with Crippen LogP contribution < -0.4 is 20.1 Å². The second kappa shape index (κ2) is 4.49. The summed E-state index contributed by atoms with van der Waals surface area (Å²) in [5.41, 5.74) is 6.30. The van der Waals surface area contributed by atoms with E-state index < -0.39 is 0 Å². The van der Waals surface area contributed by atoms with Gasteiger partial charge in [-0.15, -0.1) is 0 Å². The minimum atomic E-state index is -0.0606. The van der Waals surface area contributed by atoms with Gasteiger partial charge in [-0.2, -0.15) is 0 Å². The minimum Gasteiger partial charge on any atom is -0.454 e. The number of benzene rings is 1. The topological polar surface area (TPSA) is 60.6 Å². The van der Waals surface area contributed by atoms with Gasteiger partial charge in [0, 0.05) is 24.7 Å². The van der Waals surface area contributed by atoms with E-state index in [1.807, 2.05) is 24.4 Å². The van der Waals surface area contributed by atoms with Gasteiger partial charge < -0.3 is 20.1 Å². The molecule has 0 saturated carbocycles. The highest BCUT2D eigenvalue weighted by Gasteiger charge is 2.39. The molecular weight excluding hydrogens is 266 g/mol. The van der Waals surface area contributed by atoms with Crippen molar-refractivity contribution in [3.63, 3.8) is 0 Å². The zero-order valence-corrected chi connectivity index (χ0v) is 12.1. The average molecular weight is 285 g/mol. The molecule has 2 aliphatic rings. The summed E-state index contributed by atoms with van der Waals surface area (Å²) in [6, 6.07) is 6.04. The van der Waals surface area contributed by atoms with Crippen molar-refractivity contribution in [3.05, 3.63) is 24.4 Å². The Morgan fingerprint density at radius 3 is 2.81 bits per heavy atom. The normalized spacial score (nSPS) is 18.9. The minimum absolute atomic E-state index is 0.0606. The SMILES string of the molecule is CCCC1(N)CN(c2nccc3cc4c(cc23)OCO4)C1. The Morgan fingerprint density at radius 1 is 1.29 bits per heavy atom. The molecule has 5 heteroatoms. The molecule has 1 aromatic heterocycles. The van der Waals surface area contributed by atoms with Crippen LogP contribution in [0, 0.1) is 0 Å². The number of nitrogens with two attached hydrogens (primary N) is 1. The summed E-state index contributed by atoms with van der Waals surface area (Å²) in [4.78, 5) is 6.80. The maximum atomic E-state index is 6.36. The molecule has 2 N–H and O–H groups in total. The van der Waals surface area contributed by atoms with Crippen LogP contribution in [0.25, 0.3) is 10.8 Å². The molecule has 0 bridgehead atoms. The number of fused-ring (bicyclic) bond motifs is 2. The van der Waals surface area contributed by atoms with Crippen LogP contribution in [0.4, 0.5) is 5.82 Å². The quantitative estimate of drug-likeness (QED) is 0.937. The van der Waals surface area contributed by atoms with E-state index in [2.05, 4.69) is 16.8 Å². The number of rotatable bonds is 3. The van der Waals surface area contributed by atoms with Crippen LogP contribution in [0.15, 0.2) is 24.4 Å². The number of hydrogen-bond acceptors (Lipinski definition) is 5. The molecule has 0 atom stereocenters. The summed E-state index contributed by atoms with van der Waals surface area (Å²) < 4.78 is 10.9. The number of hydrogen-bond donors (Lipinski definition) is 1. The van der Waals surface area contributed by atoms with Crippen LogP contribution in [0.1, 0.15) is 19.8 Å². The maximum Gasteiger partial charge on any atom is 0.231 e. The maximum absolute atomic E-state index is 6.36. The molecule has 21 heavy (non-hydrogen) atoms. The molecule has 1 aromatic carbocycles. The molecule has 0 spiro atoms. The van der Waals surface area contributed by atoms with Crippen LogP contribution in [0.5, 0.6) is 11.5 Å². The van der Waals surface area contributed by atoms with Gasteiger partial charge in [-0.05, 0) is 30.0 Å². The largest absolute Gasteiger partial charge is 0.454 e. The summed E-state index contributed by atoms with van der Waals surface area (Å²) in [7, 11) is 0. The third-order valence-corrected chi connectivity index (χ3v) is 4.30. The van der Waals surface area contributed by atoms with Crippen LogP contribution >= 0.6 is 0 Å². The van der Waals surface area contributed by atoms with E-state index in [0.717, 1.165) is 54.0 Å². The molecule has 0 aliphatic carbocycles. The Labute approximate surface area is 123 Å². The van der Waals surface area contributed by atoms with Crippen molar-refractivity contribution in [2.45, 2.75) is 25.3 Å². The third-order valence-electron chi connectivity index (χ3n) is 4.30. The number of ether oxygens (including phenoxy) is 2. The lowest BCUT2D eigenvalue weighted by Gasteiger charge is -2.48. The first-order valence-corrected chi connectivity index (χ1v) is 7.41. The van der Waals surface area contributed by atoms with E-state index in [9.17, 15) is 0 Å². The van der Waals surface area contributed by atoms with Gasteiger partial charge in [-0.3, -0.25) is 0 Å². The Bertz CT molecular complexity index is 695. The lowest BCUT2D eigenvalue weighted by Crippen LogP contribution is -2.67. The fraction of sp³-hybridized carbons (Fsp3) is 0.438. The fourth-order valence-corrected chi connectivity index (χ4v) is 3.32. The monoisotopic (exact) mass is 285 g/mol. The summed E-state index contributed by atoms with van der Waals surface area (Å²) in [6.07, 6.45) is 4.02. The number of anilines is 1. The van der Waals surface area contributed by atoms with E-state index in [0.29, 0.717) is 6.79 Å². The number of nitrogens with zero attached hydrogens (tertiary/aromatic N) is 2. The highest BCUT2D eigenvalue weighted by molar-refractivity contribution is 5.95. The molecule has 1 fully saturated rings. The highest BCUT2D eigenvalue weighted by atomic mass is 16.7.